The van der Waals surface area contributed by atoms with E-state index in [9.17, 15) is 14.4 Å². The van der Waals surface area contributed by atoms with E-state index in [4.69, 9.17) is 5.73 Å². The summed E-state index contributed by atoms with van der Waals surface area (Å²) in [5.74, 6) is 1.62. The molecule has 0 saturated carbocycles. The minimum absolute atomic E-state index is 0.0200. The molecular formula is C24H48N4O3S. The first kappa shape index (κ1) is 30.9. The van der Waals surface area contributed by atoms with Gasteiger partial charge in [0.15, 0.2) is 0 Å². The van der Waals surface area contributed by atoms with Gasteiger partial charge in [0.2, 0.25) is 0 Å². The Morgan fingerprint density at radius 1 is 1.12 bits per heavy atom. The first-order valence-electron chi connectivity index (χ1n) is 12.4. The molecule has 188 valence electrons. The number of amides is 2. The number of nitrogens with two attached hydrogens (primary N) is 1. The molecule has 2 amide bonds. The molecule has 2 saturated heterocycles. The number of rotatable bonds is 13. The highest BCUT2D eigenvalue weighted by atomic mass is 32.2. The topological polar surface area (TPSA) is 113 Å². The molecular weight excluding hydrogens is 424 g/mol. The number of fused-ring (bicyclic) bond motifs is 1. The lowest BCUT2D eigenvalue weighted by atomic mass is 10.0. The fourth-order valence-corrected chi connectivity index (χ4v) is 5.30. The average Bonchev–Trinajstić information content (AvgIpc) is 3.29. The molecule has 0 spiro atoms. The summed E-state index contributed by atoms with van der Waals surface area (Å²) in [7, 11) is 1.81. The lowest BCUT2D eigenvalue weighted by Gasteiger charge is -2.16. The third kappa shape index (κ3) is 13.4. The molecule has 0 aromatic heterocycles. The molecule has 1 unspecified atom stereocenters. The number of Topliss-reactive ketones (excluding diaryl/α,β-unsaturated/α-hetero) is 2. The standard InChI is InChI=1S/C13H22N2O2S.C8H18N2O.C3H8/c1-2-5-9(16)6-3-4-7-11-12-10(8-18-11)14-13(17)15-12;1-7(11)8(10-2)5-3-4-6-9;1-3-2/h10-12H,2-8H2,1H3,(H2,14,15,17);8,10H,3-6,9H2,1-2H3;3H2,1-2H3/t10-,11-,12-;;/m0../s1. The van der Waals surface area contributed by atoms with E-state index in [1.807, 2.05) is 25.7 Å². The van der Waals surface area contributed by atoms with Crippen LogP contribution in [0.4, 0.5) is 4.79 Å². The minimum atomic E-state index is -0.0200. The van der Waals surface area contributed by atoms with Crippen LogP contribution >= 0.6 is 11.8 Å². The van der Waals surface area contributed by atoms with Crippen LogP contribution in [0.2, 0.25) is 0 Å². The van der Waals surface area contributed by atoms with Gasteiger partial charge >= 0.3 is 6.03 Å². The molecule has 5 N–H and O–H groups in total. The van der Waals surface area contributed by atoms with Gasteiger partial charge in [-0.3, -0.25) is 9.59 Å². The van der Waals surface area contributed by atoms with Gasteiger partial charge in [0.25, 0.3) is 0 Å². The highest BCUT2D eigenvalue weighted by Crippen LogP contribution is 2.33. The van der Waals surface area contributed by atoms with Gasteiger partial charge in [-0.25, -0.2) is 4.79 Å². The quantitative estimate of drug-likeness (QED) is 0.240. The SMILES string of the molecule is CCC.CCCC(=O)CCCC[C@@H]1SC[C@@H]2NC(=O)N[C@@H]21.CNC(CCCCN)C(C)=O. The van der Waals surface area contributed by atoms with Crippen molar-refractivity contribution < 1.29 is 14.4 Å². The van der Waals surface area contributed by atoms with Gasteiger partial charge in [-0.05, 0) is 52.6 Å². The molecule has 4 atom stereocenters. The van der Waals surface area contributed by atoms with Crippen LogP contribution in [0.1, 0.15) is 91.9 Å². The summed E-state index contributed by atoms with van der Waals surface area (Å²) >= 11 is 1.94. The molecule has 0 aromatic carbocycles. The smallest absolute Gasteiger partial charge is 0.315 e. The first-order valence-corrected chi connectivity index (χ1v) is 13.5. The molecule has 2 rings (SSSR count). The van der Waals surface area contributed by atoms with E-state index < -0.39 is 0 Å². The molecule has 2 aliphatic heterocycles. The Morgan fingerprint density at radius 3 is 2.38 bits per heavy atom. The number of hydrogen-bond acceptors (Lipinski definition) is 6. The molecule has 32 heavy (non-hydrogen) atoms. The van der Waals surface area contributed by atoms with Crippen LogP contribution in [-0.4, -0.2) is 60.3 Å². The van der Waals surface area contributed by atoms with Crippen molar-refractivity contribution in [1.29, 1.82) is 0 Å². The van der Waals surface area contributed by atoms with E-state index in [2.05, 4.69) is 29.8 Å². The zero-order valence-corrected chi connectivity index (χ0v) is 21.8. The van der Waals surface area contributed by atoms with Crippen LogP contribution in [0.25, 0.3) is 0 Å². The maximum absolute atomic E-state index is 11.4. The highest BCUT2D eigenvalue weighted by Gasteiger charge is 2.42. The summed E-state index contributed by atoms with van der Waals surface area (Å²) in [6.45, 7) is 8.63. The Labute approximate surface area is 200 Å². The number of nitrogens with one attached hydrogen (secondary N) is 3. The maximum atomic E-state index is 11.4. The van der Waals surface area contributed by atoms with E-state index in [0.717, 1.165) is 63.5 Å². The largest absolute Gasteiger partial charge is 0.332 e. The highest BCUT2D eigenvalue weighted by molar-refractivity contribution is 8.00. The zero-order chi connectivity index (χ0) is 24.4. The van der Waals surface area contributed by atoms with Gasteiger partial charge in [0.1, 0.15) is 11.6 Å². The number of carbonyl (C=O) groups excluding carboxylic acids is 3. The number of thioether (sulfide) groups is 1. The fourth-order valence-electron chi connectivity index (χ4n) is 3.76. The maximum Gasteiger partial charge on any atom is 0.315 e. The van der Waals surface area contributed by atoms with Crippen LogP contribution in [-0.2, 0) is 9.59 Å². The predicted molar refractivity (Wildman–Crippen MR) is 136 cm³/mol. The Balaban J connectivity index is 0.000000590. The van der Waals surface area contributed by atoms with Crippen LogP contribution in [0.15, 0.2) is 0 Å². The summed E-state index contributed by atoms with van der Waals surface area (Å²) < 4.78 is 0. The summed E-state index contributed by atoms with van der Waals surface area (Å²) in [6.07, 6.45) is 9.79. The molecule has 8 heteroatoms. The van der Waals surface area contributed by atoms with Crippen molar-refractivity contribution in [1.82, 2.24) is 16.0 Å². The van der Waals surface area contributed by atoms with Crippen molar-refractivity contribution in [3.63, 3.8) is 0 Å². The van der Waals surface area contributed by atoms with Gasteiger partial charge in [-0.15, -0.1) is 0 Å². The van der Waals surface area contributed by atoms with Gasteiger partial charge in [0, 0.05) is 23.8 Å². The molecule has 0 aromatic rings. The van der Waals surface area contributed by atoms with Gasteiger partial charge in [-0.2, -0.15) is 11.8 Å². The van der Waals surface area contributed by atoms with Crippen LogP contribution in [0.5, 0.6) is 0 Å². The lowest BCUT2D eigenvalue weighted by molar-refractivity contribution is -0.119. The van der Waals surface area contributed by atoms with Crippen molar-refractivity contribution in [3.8, 4) is 0 Å². The normalized spacial score (nSPS) is 21.8. The molecule has 0 aliphatic carbocycles. The molecule has 7 nitrogen and oxygen atoms in total. The molecule has 0 radical (unpaired) electrons. The molecule has 2 heterocycles. The minimum Gasteiger partial charge on any atom is -0.332 e. The third-order valence-corrected chi connectivity index (χ3v) is 6.96. The monoisotopic (exact) mass is 472 g/mol. The average molecular weight is 473 g/mol. The summed E-state index contributed by atoms with van der Waals surface area (Å²) in [5.41, 5.74) is 5.33. The van der Waals surface area contributed by atoms with Crippen LogP contribution in [0, 0.1) is 0 Å². The van der Waals surface area contributed by atoms with E-state index in [0.29, 0.717) is 29.7 Å². The van der Waals surface area contributed by atoms with E-state index in [1.165, 1.54) is 6.42 Å². The predicted octanol–water partition coefficient (Wildman–Crippen LogP) is 3.79. The van der Waals surface area contributed by atoms with Crippen molar-refractivity contribution in [2.75, 3.05) is 19.3 Å². The third-order valence-electron chi connectivity index (χ3n) is 5.45. The van der Waals surface area contributed by atoms with E-state index in [1.54, 1.807) is 6.92 Å². The Morgan fingerprint density at radius 2 is 1.81 bits per heavy atom. The van der Waals surface area contributed by atoms with Crippen molar-refractivity contribution in [3.05, 3.63) is 0 Å². The molecule has 2 aliphatic rings. The summed E-state index contributed by atoms with van der Waals surface area (Å²) in [5, 5.41) is 9.44. The van der Waals surface area contributed by atoms with Crippen LogP contribution in [0.3, 0.4) is 0 Å². The summed E-state index contributed by atoms with van der Waals surface area (Å²) in [4.78, 5) is 33.5. The molecule has 0 bridgehead atoms. The van der Waals surface area contributed by atoms with Crippen molar-refractivity contribution in [2.45, 2.75) is 115 Å². The van der Waals surface area contributed by atoms with Crippen LogP contribution < -0.4 is 21.7 Å². The van der Waals surface area contributed by atoms with Gasteiger partial charge in [0.05, 0.1) is 18.1 Å². The Kier molecular flexibility index (Phi) is 18.7. The van der Waals surface area contributed by atoms with E-state index in [-0.39, 0.29) is 17.9 Å². The number of carbonyl (C=O) groups is 3. The second-order valence-electron chi connectivity index (χ2n) is 8.60. The number of ketones is 2. The van der Waals surface area contributed by atoms with Crippen molar-refractivity contribution in [2.24, 2.45) is 5.73 Å². The van der Waals surface area contributed by atoms with Gasteiger partial charge in [-0.1, -0.05) is 40.0 Å². The first-order chi connectivity index (χ1) is 15.3. The lowest BCUT2D eigenvalue weighted by Crippen LogP contribution is -2.36. The van der Waals surface area contributed by atoms with Gasteiger partial charge < -0.3 is 21.7 Å². The number of likely N-dealkylation sites (N-methyl/N-ethyl adjacent to an activating group) is 1. The summed E-state index contributed by atoms with van der Waals surface area (Å²) in [6, 6.07) is 0.623. The zero-order valence-electron chi connectivity index (χ0n) is 21.0. The number of unbranched alkanes of at least 4 members (excludes halogenated alkanes) is 2. The number of urea groups is 1. The Hall–Kier alpha value is -1.12. The fraction of sp³-hybridized carbons (Fsp3) is 0.875. The second kappa shape index (κ2) is 19.4. The molecule has 2 fully saturated rings. The second-order valence-corrected chi connectivity index (χ2v) is 9.87. The van der Waals surface area contributed by atoms with Crippen molar-refractivity contribution >= 4 is 29.4 Å². The number of hydrogen-bond donors (Lipinski definition) is 4. The van der Waals surface area contributed by atoms with E-state index >= 15 is 0 Å². The Bertz CT molecular complexity index is 533.